The SMILES string of the molecule is CCCC=O.COc1ccc(F)cc1OC. The van der Waals surface area contributed by atoms with Crippen LogP contribution in [-0.2, 0) is 4.79 Å². The predicted octanol–water partition coefficient (Wildman–Crippen LogP) is 2.83. The number of ether oxygens (including phenoxy) is 2. The second kappa shape index (κ2) is 8.71. The lowest BCUT2D eigenvalue weighted by molar-refractivity contribution is -0.107. The fourth-order valence-corrected chi connectivity index (χ4v) is 0.928. The molecule has 1 aromatic rings. The van der Waals surface area contributed by atoms with Crippen molar-refractivity contribution >= 4 is 6.29 Å². The molecule has 0 amide bonds. The molecule has 0 aliphatic rings. The number of halogens is 1. The summed E-state index contributed by atoms with van der Waals surface area (Å²) in [4.78, 5) is 9.40. The minimum atomic E-state index is -0.331. The smallest absolute Gasteiger partial charge is 0.163 e. The van der Waals surface area contributed by atoms with Crippen LogP contribution in [0.1, 0.15) is 19.8 Å². The number of carbonyl (C=O) groups is 1. The van der Waals surface area contributed by atoms with Gasteiger partial charge in [0.1, 0.15) is 12.1 Å². The Hall–Kier alpha value is -1.58. The van der Waals surface area contributed by atoms with Gasteiger partial charge in [0.25, 0.3) is 0 Å². The van der Waals surface area contributed by atoms with Crippen LogP contribution in [0.25, 0.3) is 0 Å². The van der Waals surface area contributed by atoms with Crippen molar-refractivity contribution in [3.8, 4) is 11.5 Å². The van der Waals surface area contributed by atoms with E-state index in [9.17, 15) is 9.18 Å². The van der Waals surface area contributed by atoms with Gasteiger partial charge in [-0.3, -0.25) is 0 Å². The zero-order chi connectivity index (χ0) is 12.4. The molecule has 1 aromatic carbocycles. The summed E-state index contributed by atoms with van der Waals surface area (Å²) >= 11 is 0. The Labute approximate surface area is 95.2 Å². The predicted molar refractivity (Wildman–Crippen MR) is 60.5 cm³/mol. The Balaban J connectivity index is 0.000000385. The van der Waals surface area contributed by atoms with Crippen LogP contribution in [0.2, 0.25) is 0 Å². The van der Waals surface area contributed by atoms with Gasteiger partial charge < -0.3 is 14.3 Å². The highest BCUT2D eigenvalue weighted by molar-refractivity contribution is 5.48. The third kappa shape index (κ3) is 5.34. The van der Waals surface area contributed by atoms with Crippen LogP contribution in [0, 0.1) is 5.82 Å². The molecule has 3 nitrogen and oxygen atoms in total. The topological polar surface area (TPSA) is 35.5 Å². The van der Waals surface area contributed by atoms with Gasteiger partial charge in [0.15, 0.2) is 11.5 Å². The number of carbonyl (C=O) groups excluding carboxylic acids is 1. The Kier molecular flexibility index (Phi) is 7.85. The molecule has 0 aliphatic carbocycles. The van der Waals surface area contributed by atoms with Crippen LogP contribution in [-0.4, -0.2) is 20.5 Å². The quantitative estimate of drug-likeness (QED) is 0.743. The van der Waals surface area contributed by atoms with Gasteiger partial charge in [-0.1, -0.05) is 6.92 Å². The number of hydrogen-bond donors (Lipinski definition) is 0. The minimum Gasteiger partial charge on any atom is -0.493 e. The first kappa shape index (κ1) is 14.4. The highest BCUT2D eigenvalue weighted by Crippen LogP contribution is 2.26. The van der Waals surface area contributed by atoms with E-state index in [1.165, 1.54) is 32.4 Å². The summed E-state index contributed by atoms with van der Waals surface area (Å²) in [6.45, 7) is 1.98. The first-order valence-electron chi connectivity index (χ1n) is 5.00. The van der Waals surface area contributed by atoms with Gasteiger partial charge in [0.05, 0.1) is 14.2 Å². The van der Waals surface area contributed by atoms with E-state index in [1.54, 1.807) is 0 Å². The molecule has 0 saturated heterocycles. The highest BCUT2D eigenvalue weighted by Gasteiger charge is 2.02. The second-order valence-corrected chi connectivity index (χ2v) is 2.95. The molecule has 4 heteroatoms. The monoisotopic (exact) mass is 228 g/mol. The lowest BCUT2D eigenvalue weighted by Crippen LogP contribution is -1.90. The molecule has 0 aromatic heterocycles. The number of unbranched alkanes of at least 4 members (excludes halogenated alkanes) is 1. The van der Waals surface area contributed by atoms with Crippen LogP contribution in [0.3, 0.4) is 0 Å². The number of benzene rings is 1. The summed E-state index contributed by atoms with van der Waals surface area (Å²) in [6, 6.07) is 4.12. The van der Waals surface area contributed by atoms with Crippen molar-refractivity contribution in [2.75, 3.05) is 14.2 Å². The molecular weight excluding hydrogens is 211 g/mol. The van der Waals surface area contributed by atoms with Crippen LogP contribution in [0.5, 0.6) is 11.5 Å². The van der Waals surface area contributed by atoms with Gasteiger partial charge in [0.2, 0.25) is 0 Å². The summed E-state index contributed by atoms with van der Waals surface area (Å²) in [5, 5.41) is 0. The normalized spacial score (nSPS) is 8.75. The van der Waals surface area contributed by atoms with Crippen molar-refractivity contribution in [1.82, 2.24) is 0 Å². The Morgan fingerprint density at radius 1 is 1.25 bits per heavy atom. The number of aldehydes is 1. The van der Waals surface area contributed by atoms with E-state index in [1.807, 2.05) is 6.92 Å². The third-order valence-electron chi connectivity index (χ3n) is 1.75. The fourth-order valence-electron chi connectivity index (χ4n) is 0.928. The number of methoxy groups -OCH3 is 2. The summed E-state index contributed by atoms with van der Waals surface area (Å²) in [5.41, 5.74) is 0. The van der Waals surface area contributed by atoms with Gasteiger partial charge in [-0.05, 0) is 18.6 Å². The molecule has 0 aliphatic heterocycles. The van der Waals surface area contributed by atoms with Gasteiger partial charge in [0, 0.05) is 12.5 Å². The van der Waals surface area contributed by atoms with E-state index in [0.29, 0.717) is 17.9 Å². The molecule has 0 unspecified atom stereocenters. The molecule has 0 radical (unpaired) electrons. The van der Waals surface area contributed by atoms with Crippen LogP contribution in [0.4, 0.5) is 4.39 Å². The molecule has 16 heavy (non-hydrogen) atoms. The van der Waals surface area contributed by atoms with Crippen LogP contribution < -0.4 is 9.47 Å². The third-order valence-corrected chi connectivity index (χ3v) is 1.75. The summed E-state index contributed by atoms with van der Waals surface area (Å²) in [5.74, 6) is 0.615. The van der Waals surface area contributed by atoms with Crippen molar-refractivity contribution in [1.29, 1.82) is 0 Å². The second-order valence-electron chi connectivity index (χ2n) is 2.95. The molecule has 0 fully saturated rings. The fraction of sp³-hybridized carbons (Fsp3) is 0.417. The maximum Gasteiger partial charge on any atom is 0.163 e. The molecule has 0 N–H and O–H groups in total. The number of rotatable bonds is 4. The minimum absolute atomic E-state index is 0.331. The van der Waals surface area contributed by atoms with E-state index in [4.69, 9.17) is 9.47 Å². The molecular formula is C12H17FO3. The molecule has 0 saturated carbocycles. The first-order chi connectivity index (χ1) is 7.69. The lowest BCUT2D eigenvalue weighted by atomic mass is 10.3. The van der Waals surface area contributed by atoms with E-state index in [-0.39, 0.29) is 5.82 Å². The summed E-state index contributed by atoms with van der Waals surface area (Å²) in [7, 11) is 2.98. The Morgan fingerprint density at radius 2 is 1.88 bits per heavy atom. The average molecular weight is 228 g/mol. The number of hydrogen-bond acceptors (Lipinski definition) is 3. The van der Waals surface area contributed by atoms with E-state index in [0.717, 1.165) is 12.7 Å². The van der Waals surface area contributed by atoms with E-state index < -0.39 is 0 Å². The lowest BCUT2D eigenvalue weighted by Gasteiger charge is -2.05. The van der Waals surface area contributed by atoms with Crippen molar-refractivity contribution in [2.45, 2.75) is 19.8 Å². The summed E-state index contributed by atoms with van der Waals surface area (Å²) in [6.07, 6.45) is 2.61. The van der Waals surface area contributed by atoms with Gasteiger partial charge in [-0.2, -0.15) is 0 Å². The van der Waals surface area contributed by atoms with Gasteiger partial charge >= 0.3 is 0 Å². The van der Waals surface area contributed by atoms with E-state index in [2.05, 4.69) is 0 Å². The van der Waals surface area contributed by atoms with Crippen molar-refractivity contribution in [2.24, 2.45) is 0 Å². The molecule has 0 atom stereocenters. The average Bonchev–Trinajstić information content (AvgIpc) is 2.31. The maximum absolute atomic E-state index is 12.5. The van der Waals surface area contributed by atoms with Gasteiger partial charge in [-0.15, -0.1) is 0 Å². The van der Waals surface area contributed by atoms with Crippen LogP contribution >= 0.6 is 0 Å². The molecule has 0 bridgehead atoms. The Morgan fingerprint density at radius 3 is 2.25 bits per heavy atom. The largest absolute Gasteiger partial charge is 0.493 e. The molecule has 0 heterocycles. The van der Waals surface area contributed by atoms with Crippen LogP contribution in [0.15, 0.2) is 18.2 Å². The zero-order valence-electron chi connectivity index (χ0n) is 9.83. The highest BCUT2D eigenvalue weighted by atomic mass is 19.1. The summed E-state index contributed by atoms with van der Waals surface area (Å²) < 4.78 is 22.3. The maximum atomic E-state index is 12.5. The first-order valence-corrected chi connectivity index (χ1v) is 5.00. The van der Waals surface area contributed by atoms with E-state index >= 15 is 0 Å². The molecule has 1 rings (SSSR count). The van der Waals surface area contributed by atoms with Gasteiger partial charge in [-0.25, -0.2) is 4.39 Å². The van der Waals surface area contributed by atoms with Crippen molar-refractivity contribution in [3.05, 3.63) is 24.0 Å². The molecule has 0 spiro atoms. The zero-order valence-corrected chi connectivity index (χ0v) is 9.83. The van der Waals surface area contributed by atoms with Crippen molar-refractivity contribution in [3.63, 3.8) is 0 Å². The van der Waals surface area contributed by atoms with Crippen molar-refractivity contribution < 1.29 is 18.7 Å². The Bertz CT molecular complexity index is 313. The standard InChI is InChI=1S/C8H9FO2.C4H8O/c1-10-7-4-3-6(9)5-8(7)11-2;1-2-3-4-5/h3-5H,1-2H3;4H,2-3H2,1H3. The molecule has 90 valence electrons.